The van der Waals surface area contributed by atoms with Crippen LogP contribution in [0.25, 0.3) is 0 Å². The van der Waals surface area contributed by atoms with E-state index in [0.29, 0.717) is 13.2 Å². The number of piperidine rings is 1. The van der Waals surface area contributed by atoms with Crippen molar-refractivity contribution in [2.45, 2.75) is 19.8 Å². The molecule has 1 aliphatic heterocycles. The van der Waals surface area contributed by atoms with Crippen molar-refractivity contribution in [2.24, 2.45) is 5.41 Å². The van der Waals surface area contributed by atoms with Crippen LogP contribution in [0.1, 0.15) is 28.1 Å². The quantitative estimate of drug-likeness (QED) is 0.803. The van der Waals surface area contributed by atoms with Crippen LogP contribution in [0.2, 0.25) is 0 Å². The van der Waals surface area contributed by atoms with Crippen LogP contribution in [0.3, 0.4) is 0 Å². The van der Waals surface area contributed by atoms with Gasteiger partial charge in [0.1, 0.15) is 0 Å². The molecule has 1 fully saturated rings. The van der Waals surface area contributed by atoms with Gasteiger partial charge in [-0.1, -0.05) is 0 Å². The average Bonchev–Trinajstić information content (AvgIpc) is 2.77. The van der Waals surface area contributed by atoms with Crippen LogP contribution in [0, 0.1) is 12.3 Å². The van der Waals surface area contributed by atoms with Crippen molar-refractivity contribution in [3.63, 3.8) is 0 Å². The summed E-state index contributed by atoms with van der Waals surface area (Å²) in [7, 11) is 1.73. The van der Waals surface area contributed by atoms with Crippen LogP contribution < -0.4 is 10.6 Å². The van der Waals surface area contributed by atoms with Gasteiger partial charge in [0.15, 0.2) is 0 Å². The summed E-state index contributed by atoms with van der Waals surface area (Å²) >= 11 is 5.04. The van der Waals surface area contributed by atoms with Crippen LogP contribution in [0.15, 0.2) is 9.85 Å². The minimum Gasteiger partial charge on any atom is -0.384 e. The van der Waals surface area contributed by atoms with Crippen molar-refractivity contribution in [3.05, 3.63) is 20.3 Å². The number of halogens is 2. The number of ether oxygens (including phenoxy) is 1. The highest BCUT2D eigenvalue weighted by molar-refractivity contribution is 9.11. The van der Waals surface area contributed by atoms with Gasteiger partial charge >= 0.3 is 0 Å². The first-order valence-corrected chi connectivity index (χ1v) is 8.41. The van der Waals surface area contributed by atoms with E-state index in [1.54, 1.807) is 18.4 Å². The van der Waals surface area contributed by atoms with E-state index >= 15 is 0 Å². The normalized spacial score (nSPS) is 17.1. The molecule has 2 heterocycles. The summed E-state index contributed by atoms with van der Waals surface area (Å²) in [6.07, 6.45) is 2.07. The van der Waals surface area contributed by atoms with Crippen LogP contribution in [0.5, 0.6) is 0 Å². The molecule has 1 aliphatic rings. The van der Waals surface area contributed by atoms with Crippen molar-refractivity contribution in [3.8, 4) is 0 Å². The van der Waals surface area contributed by atoms with Crippen molar-refractivity contribution in [2.75, 3.05) is 33.4 Å². The summed E-state index contributed by atoms with van der Waals surface area (Å²) < 4.78 is 6.27. The van der Waals surface area contributed by atoms with Gasteiger partial charge in [-0.15, -0.1) is 23.7 Å². The monoisotopic (exact) mass is 396 g/mol. The summed E-state index contributed by atoms with van der Waals surface area (Å²) in [5, 5.41) is 6.43. The van der Waals surface area contributed by atoms with Gasteiger partial charge in [0.2, 0.25) is 0 Å². The van der Waals surface area contributed by atoms with E-state index in [2.05, 4.69) is 26.6 Å². The molecule has 2 N–H and O–H groups in total. The Morgan fingerprint density at radius 2 is 2.19 bits per heavy atom. The van der Waals surface area contributed by atoms with Crippen LogP contribution >= 0.6 is 39.7 Å². The molecule has 0 bridgehead atoms. The van der Waals surface area contributed by atoms with E-state index in [-0.39, 0.29) is 23.7 Å². The van der Waals surface area contributed by atoms with Crippen LogP contribution in [0.4, 0.5) is 0 Å². The van der Waals surface area contributed by atoms with Gasteiger partial charge in [-0.25, -0.2) is 0 Å². The highest BCUT2D eigenvalue weighted by Gasteiger charge is 2.32. The van der Waals surface area contributed by atoms with Gasteiger partial charge in [0.25, 0.3) is 5.91 Å². The molecule has 2 rings (SSSR count). The van der Waals surface area contributed by atoms with Gasteiger partial charge in [-0.3, -0.25) is 4.79 Å². The summed E-state index contributed by atoms with van der Waals surface area (Å²) in [5.74, 6) is -0.00441. The molecule has 0 saturated carbocycles. The zero-order valence-corrected chi connectivity index (χ0v) is 15.5. The van der Waals surface area contributed by atoms with Crippen molar-refractivity contribution >= 4 is 45.6 Å². The summed E-state index contributed by atoms with van der Waals surface area (Å²) in [4.78, 5) is 13.4. The maximum atomic E-state index is 12.3. The maximum Gasteiger partial charge on any atom is 0.253 e. The number of hydrogen-bond donors (Lipinski definition) is 2. The number of nitrogens with one attached hydrogen (secondary N) is 2. The number of aryl methyl sites for hydroxylation is 1. The van der Waals surface area contributed by atoms with Crippen LogP contribution in [-0.4, -0.2) is 39.3 Å². The van der Waals surface area contributed by atoms with E-state index < -0.39 is 0 Å². The first-order chi connectivity index (χ1) is 9.56. The molecule has 0 unspecified atom stereocenters. The molecule has 21 heavy (non-hydrogen) atoms. The lowest BCUT2D eigenvalue weighted by Crippen LogP contribution is -2.47. The molecular weight excluding hydrogens is 376 g/mol. The maximum absolute atomic E-state index is 12.3. The Morgan fingerprint density at radius 1 is 1.52 bits per heavy atom. The Hall–Kier alpha value is -0.140. The number of amides is 1. The second kappa shape index (κ2) is 8.48. The Kier molecular flexibility index (Phi) is 7.64. The molecule has 1 aromatic rings. The third-order valence-corrected chi connectivity index (χ3v) is 5.54. The van der Waals surface area contributed by atoms with Crippen molar-refractivity contribution in [1.29, 1.82) is 0 Å². The number of methoxy groups -OCH3 is 1. The Labute approximate surface area is 144 Å². The molecule has 7 heteroatoms. The van der Waals surface area contributed by atoms with E-state index in [0.717, 1.165) is 40.2 Å². The number of thiophene rings is 1. The molecule has 1 saturated heterocycles. The van der Waals surface area contributed by atoms with Gasteiger partial charge in [-0.05, 0) is 54.9 Å². The highest BCUT2D eigenvalue weighted by Crippen LogP contribution is 2.30. The fourth-order valence-corrected chi connectivity index (χ4v) is 4.42. The number of carbonyl (C=O) groups is 1. The van der Waals surface area contributed by atoms with Gasteiger partial charge in [0.05, 0.1) is 16.0 Å². The SMILES string of the molecule is COCC1(CNC(=O)c2cc(C)sc2Br)CCNCC1.Cl. The molecule has 0 aromatic carbocycles. The highest BCUT2D eigenvalue weighted by atomic mass is 79.9. The second-order valence-corrected chi connectivity index (χ2v) is 7.98. The van der Waals surface area contributed by atoms with Crippen molar-refractivity contribution in [1.82, 2.24) is 10.6 Å². The Morgan fingerprint density at radius 3 is 2.71 bits per heavy atom. The number of hydrogen-bond acceptors (Lipinski definition) is 4. The average molecular weight is 398 g/mol. The fraction of sp³-hybridized carbons (Fsp3) is 0.643. The predicted octanol–water partition coefficient (Wildman–Crippen LogP) is 2.99. The predicted molar refractivity (Wildman–Crippen MR) is 92.7 cm³/mol. The molecule has 120 valence electrons. The lowest BCUT2D eigenvalue weighted by atomic mass is 9.79. The van der Waals surface area contributed by atoms with Gasteiger partial charge < -0.3 is 15.4 Å². The first kappa shape index (κ1) is 18.9. The summed E-state index contributed by atoms with van der Waals surface area (Å²) in [6, 6.07) is 1.93. The summed E-state index contributed by atoms with van der Waals surface area (Å²) in [6.45, 7) is 5.34. The van der Waals surface area contributed by atoms with E-state index in [1.807, 2.05) is 13.0 Å². The molecule has 0 radical (unpaired) electrons. The topological polar surface area (TPSA) is 50.4 Å². The first-order valence-electron chi connectivity index (χ1n) is 6.80. The third kappa shape index (κ3) is 4.93. The molecule has 0 atom stereocenters. The number of rotatable bonds is 5. The largest absolute Gasteiger partial charge is 0.384 e. The zero-order valence-electron chi connectivity index (χ0n) is 12.3. The molecule has 4 nitrogen and oxygen atoms in total. The summed E-state index contributed by atoms with van der Waals surface area (Å²) in [5.41, 5.74) is 0.793. The van der Waals surface area contributed by atoms with E-state index in [4.69, 9.17) is 4.74 Å². The fourth-order valence-electron chi connectivity index (χ4n) is 2.64. The smallest absolute Gasteiger partial charge is 0.253 e. The molecular formula is C14H22BrClN2O2S. The van der Waals surface area contributed by atoms with Crippen LogP contribution in [-0.2, 0) is 4.74 Å². The minimum atomic E-state index is -0.00441. The van der Waals surface area contributed by atoms with Gasteiger partial charge in [-0.2, -0.15) is 0 Å². The lowest BCUT2D eigenvalue weighted by molar-refractivity contribution is 0.0511. The van der Waals surface area contributed by atoms with Gasteiger partial charge in [0, 0.05) is 23.9 Å². The molecule has 1 amide bonds. The molecule has 1 aromatic heterocycles. The zero-order chi connectivity index (χ0) is 14.6. The molecule has 0 aliphatic carbocycles. The molecule has 0 spiro atoms. The van der Waals surface area contributed by atoms with E-state index in [1.165, 1.54) is 0 Å². The Bertz CT molecular complexity index is 470. The third-order valence-electron chi connectivity index (χ3n) is 3.79. The van der Waals surface area contributed by atoms with E-state index in [9.17, 15) is 4.79 Å². The Balaban J connectivity index is 0.00000220. The standard InChI is InChI=1S/C14H21BrN2O2S.ClH/c1-10-7-11(12(15)20-10)13(18)17-8-14(9-19-2)3-5-16-6-4-14;/h7,16H,3-6,8-9H2,1-2H3,(H,17,18);1H. The minimum absolute atomic E-state index is 0. The second-order valence-electron chi connectivity index (χ2n) is 5.41. The lowest BCUT2D eigenvalue weighted by Gasteiger charge is -2.37. The van der Waals surface area contributed by atoms with Crippen molar-refractivity contribution < 1.29 is 9.53 Å². The number of carbonyl (C=O) groups excluding carboxylic acids is 1.